The molecule has 0 spiro atoms. The molecular formula is C10H12N2O3. The number of phenols is 1. The minimum absolute atomic E-state index is 0.146. The Morgan fingerprint density at radius 1 is 1.60 bits per heavy atom. The predicted molar refractivity (Wildman–Crippen MR) is 56.0 cm³/mol. The number of nitrogens with one attached hydrogen (secondary N) is 1. The Kier molecular flexibility index (Phi) is 3.68. The van der Waals surface area contributed by atoms with Gasteiger partial charge in [-0.3, -0.25) is 0 Å². The lowest BCUT2D eigenvalue weighted by Crippen LogP contribution is -2.16. The zero-order valence-corrected chi connectivity index (χ0v) is 8.52. The zero-order valence-electron chi connectivity index (χ0n) is 8.52. The Morgan fingerprint density at radius 3 is 3.00 bits per heavy atom. The molecule has 0 radical (unpaired) electrons. The number of hydrogen-bond donors (Lipinski definition) is 2. The van der Waals surface area contributed by atoms with E-state index >= 15 is 0 Å². The lowest BCUT2D eigenvalue weighted by atomic mass is 10.1. The molecule has 1 rings (SSSR count). The van der Waals surface area contributed by atoms with Crippen molar-refractivity contribution in [3.63, 3.8) is 0 Å². The molecule has 0 aromatic heterocycles. The van der Waals surface area contributed by atoms with Crippen molar-refractivity contribution in [2.75, 3.05) is 7.11 Å². The van der Waals surface area contributed by atoms with E-state index in [2.05, 4.69) is 15.3 Å². The molecule has 0 saturated carbocycles. The molecule has 0 bridgehead atoms. The molecular weight excluding hydrogens is 196 g/mol. The second kappa shape index (κ2) is 4.99. The van der Waals surface area contributed by atoms with Crippen LogP contribution in [0, 0.1) is 6.92 Å². The number of methoxy groups -OCH3 is 1. The summed E-state index contributed by atoms with van der Waals surface area (Å²) in [7, 11) is 1.25. The van der Waals surface area contributed by atoms with Gasteiger partial charge in [0.2, 0.25) is 0 Å². The van der Waals surface area contributed by atoms with Gasteiger partial charge < -0.3 is 9.84 Å². The van der Waals surface area contributed by atoms with Crippen LogP contribution in [-0.4, -0.2) is 24.5 Å². The van der Waals surface area contributed by atoms with Crippen LogP contribution < -0.4 is 5.43 Å². The summed E-state index contributed by atoms with van der Waals surface area (Å²) < 4.78 is 4.32. The summed E-state index contributed by atoms with van der Waals surface area (Å²) in [6.07, 6.45) is 0.692. The van der Waals surface area contributed by atoms with Gasteiger partial charge in [-0.1, -0.05) is 12.1 Å². The summed E-state index contributed by atoms with van der Waals surface area (Å²) in [6.45, 7) is 1.78. The normalized spacial score (nSPS) is 10.3. The number of amides is 1. The summed E-state index contributed by atoms with van der Waals surface area (Å²) in [5, 5.41) is 13.2. The van der Waals surface area contributed by atoms with Crippen molar-refractivity contribution in [1.29, 1.82) is 0 Å². The first-order chi connectivity index (χ1) is 7.15. The van der Waals surface area contributed by atoms with E-state index in [1.807, 2.05) is 0 Å². The molecule has 0 heterocycles. The lowest BCUT2D eigenvalue weighted by Gasteiger charge is -2.01. The van der Waals surface area contributed by atoms with Crippen molar-refractivity contribution in [3.8, 4) is 5.75 Å². The van der Waals surface area contributed by atoms with E-state index in [1.165, 1.54) is 13.3 Å². The molecule has 0 fully saturated rings. The third kappa shape index (κ3) is 2.98. The van der Waals surface area contributed by atoms with Gasteiger partial charge in [0.1, 0.15) is 5.75 Å². The summed E-state index contributed by atoms with van der Waals surface area (Å²) in [4.78, 5) is 10.6. The van der Waals surface area contributed by atoms with Crippen molar-refractivity contribution in [2.24, 2.45) is 5.10 Å². The van der Waals surface area contributed by atoms with E-state index in [1.54, 1.807) is 25.1 Å². The van der Waals surface area contributed by atoms with Crippen molar-refractivity contribution in [3.05, 3.63) is 29.3 Å². The minimum Gasteiger partial charge on any atom is -0.507 e. The number of para-hydroxylation sites is 1. The summed E-state index contributed by atoms with van der Waals surface area (Å²) in [5.74, 6) is 0.146. The molecule has 80 valence electrons. The average molecular weight is 208 g/mol. The Morgan fingerprint density at radius 2 is 2.33 bits per heavy atom. The highest BCUT2D eigenvalue weighted by Gasteiger charge is 2.00. The number of carbonyl (C=O) groups excluding carboxylic acids is 1. The topological polar surface area (TPSA) is 70.9 Å². The number of rotatable bonds is 2. The van der Waals surface area contributed by atoms with Crippen LogP contribution in [0.1, 0.15) is 11.1 Å². The smallest absolute Gasteiger partial charge is 0.427 e. The van der Waals surface area contributed by atoms with Gasteiger partial charge in [0.05, 0.1) is 13.3 Å². The third-order valence-electron chi connectivity index (χ3n) is 1.81. The van der Waals surface area contributed by atoms with Gasteiger partial charge in [-0.15, -0.1) is 0 Å². The molecule has 1 aromatic carbocycles. The standard InChI is InChI=1S/C10H12N2O3/c1-7-4-3-5-8(9(7)13)6-11-12-10(14)15-2/h3-6,13H,1-2H3,(H,12,14). The number of hydrazone groups is 1. The molecule has 0 aliphatic heterocycles. The summed E-state index contributed by atoms with van der Waals surface area (Å²) in [6, 6.07) is 5.25. The van der Waals surface area contributed by atoms with Crippen LogP contribution in [0.15, 0.2) is 23.3 Å². The van der Waals surface area contributed by atoms with Crippen LogP contribution in [0.5, 0.6) is 5.75 Å². The largest absolute Gasteiger partial charge is 0.507 e. The molecule has 1 aromatic rings. The van der Waals surface area contributed by atoms with Crippen LogP contribution in [0.2, 0.25) is 0 Å². The van der Waals surface area contributed by atoms with E-state index in [-0.39, 0.29) is 5.75 Å². The fraction of sp³-hybridized carbons (Fsp3) is 0.200. The highest BCUT2D eigenvalue weighted by molar-refractivity contribution is 5.84. The van der Waals surface area contributed by atoms with E-state index in [9.17, 15) is 9.90 Å². The average Bonchev–Trinajstić information content (AvgIpc) is 2.24. The number of carbonyl (C=O) groups is 1. The van der Waals surface area contributed by atoms with Gasteiger partial charge in [-0.2, -0.15) is 5.10 Å². The van der Waals surface area contributed by atoms with Crippen LogP contribution in [-0.2, 0) is 4.74 Å². The number of aryl methyl sites for hydroxylation is 1. The molecule has 5 nitrogen and oxygen atoms in total. The van der Waals surface area contributed by atoms with E-state index in [4.69, 9.17) is 0 Å². The van der Waals surface area contributed by atoms with Crippen molar-refractivity contribution in [1.82, 2.24) is 5.43 Å². The molecule has 0 aliphatic carbocycles. The maximum absolute atomic E-state index is 10.6. The van der Waals surface area contributed by atoms with Crippen LogP contribution in [0.4, 0.5) is 4.79 Å². The monoisotopic (exact) mass is 208 g/mol. The SMILES string of the molecule is COC(=O)NN=Cc1cccc(C)c1O. The van der Waals surface area contributed by atoms with Gasteiger partial charge in [0.25, 0.3) is 0 Å². The molecule has 0 atom stereocenters. The molecule has 0 unspecified atom stereocenters. The van der Waals surface area contributed by atoms with E-state index in [0.717, 1.165) is 5.56 Å². The highest BCUT2D eigenvalue weighted by Crippen LogP contribution is 2.19. The van der Waals surface area contributed by atoms with Crippen LogP contribution in [0.3, 0.4) is 0 Å². The van der Waals surface area contributed by atoms with Crippen LogP contribution >= 0.6 is 0 Å². The predicted octanol–water partition coefficient (Wildman–Crippen LogP) is 1.39. The number of phenolic OH excluding ortho intramolecular Hbond substituents is 1. The third-order valence-corrected chi connectivity index (χ3v) is 1.81. The van der Waals surface area contributed by atoms with Gasteiger partial charge in [0, 0.05) is 5.56 Å². The summed E-state index contributed by atoms with van der Waals surface area (Å²) >= 11 is 0. The number of benzene rings is 1. The van der Waals surface area contributed by atoms with Gasteiger partial charge >= 0.3 is 6.09 Å². The van der Waals surface area contributed by atoms with E-state index < -0.39 is 6.09 Å². The first-order valence-electron chi connectivity index (χ1n) is 4.30. The molecule has 1 amide bonds. The van der Waals surface area contributed by atoms with Crippen LogP contribution in [0.25, 0.3) is 0 Å². The molecule has 0 saturated heterocycles. The van der Waals surface area contributed by atoms with E-state index in [0.29, 0.717) is 5.56 Å². The first-order valence-corrected chi connectivity index (χ1v) is 4.30. The Balaban J connectivity index is 2.72. The maximum atomic E-state index is 10.6. The highest BCUT2D eigenvalue weighted by atomic mass is 16.5. The Bertz CT molecular complexity index is 388. The fourth-order valence-corrected chi connectivity index (χ4v) is 0.986. The van der Waals surface area contributed by atoms with Crippen molar-refractivity contribution < 1.29 is 14.6 Å². The molecule has 0 aliphatic rings. The van der Waals surface area contributed by atoms with Crippen molar-refractivity contribution in [2.45, 2.75) is 6.92 Å². The number of ether oxygens (including phenoxy) is 1. The Labute approximate surface area is 87.4 Å². The number of hydrogen-bond acceptors (Lipinski definition) is 4. The quantitative estimate of drug-likeness (QED) is 0.570. The lowest BCUT2D eigenvalue weighted by molar-refractivity contribution is 0.171. The second-order valence-electron chi connectivity index (χ2n) is 2.87. The van der Waals surface area contributed by atoms with Gasteiger partial charge in [-0.25, -0.2) is 10.2 Å². The number of aromatic hydroxyl groups is 1. The zero-order chi connectivity index (χ0) is 11.3. The van der Waals surface area contributed by atoms with Crippen molar-refractivity contribution >= 4 is 12.3 Å². The summed E-state index contributed by atoms with van der Waals surface area (Å²) in [5.41, 5.74) is 3.41. The number of nitrogens with zero attached hydrogens (tertiary/aromatic N) is 1. The van der Waals surface area contributed by atoms with Gasteiger partial charge in [-0.05, 0) is 18.6 Å². The molecule has 15 heavy (non-hydrogen) atoms. The second-order valence-corrected chi connectivity index (χ2v) is 2.87. The van der Waals surface area contributed by atoms with Gasteiger partial charge in [0.15, 0.2) is 0 Å². The molecule has 2 N–H and O–H groups in total. The first kappa shape index (κ1) is 11.0. The molecule has 5 heteroatoms. The Hall–Kier alpha value is -2.04. The minimum atomic E-state index is -0.654. The fourth-order valence-electron chi connectivity index (χ4n) is 0.986. The maximum Gasteiger partial charge on any atom is 0.427 e.